The summed E-state index contributed by atoms with van der Waals surface area (Å²) < 4.78 is 0. The first kappa shape index (κ1) is 7.14. The summed E-state index contributed by atoms with van der Waals surface area (Å²) in [6.45, 7) is 5.32. The predicted molar refractivity (Wildman–Crippen MR) is 43.1 cm³/mol. The highest BCUT2D eigenvalue weighted by molar-refractivity contribution is 5.81. The molecule has 2 rings (SSSR count). The van der Waals surface area contributed by atoms with Gasteiger partial charge in [-0.1, -0.05) is 13.8 Å². The third-order valence-electron chi connectivity index (χ3n) is 3.18. The Labute approximate surface area is 67.6 Å². The van der Waals surface area contributed by atoms with Crippen LogP contribution in [0, 0.1) is 11.8 Å². The van der Waals surface area contributed by atoms with E-state index in [1.54, 1.807) is 0 Å². The number of nitrogens with zero attached hydrogens (tertiary/aromatic N) is 1. The smallest absolute Gasteiger partial charge is 0.225 e. The molecule has 0 bridgehead atoms. The summed E-state index contributed by atoms with van der Waals surface area (Å²) in [5, 5.41) is 0. The zero-order valence-corrected chi connectivity index (χ0v) is 7.21. The number of hydrogen-bond acceptors (Lipinski definition) is 1. The van der Waals surface area contributed by atoms with Crippen molar-refractivity contribution in [1.82, 2.24) is 4.90 Å². The molecule has 0 aromatic carbocycles. The van der Waals surface area contributed by atoms with Crippen molar-refractivity contribution in [3.05, 3.63) is 0 Å². The first-order valence-electron chi connectivity index (χ1n) is 4.50. The van der Waals surface area contributed by atoms with E-state index in [-0.39, 0.29) is 0 Å². The molecule has 0 radical (unpaired) electrons. The van der Waals surface area contributed by atoms with Crippen molar-refractivity contribution in [2.75, 3.05) is 6.54 Å². The molecule has 0 aromatic rings. The third-order valence-corrected chi connectivity index (χ3v) is 3.18. The zero-order valence-electron chi connectivity index (χ0n) is 7.21. The van der Waals surface area contributed by atoms with Gasteiger partial charge in [0.15, 0.2) is 0 Å². The van der Waals surface area contributed by atoms with Gasteiger partial charge in [-0.05, 0) is 18.8 Å². The lowest BCUT2D eigenvalue weighted by molar-refractivity contribution is -0.130. The zero-order chi connectivity index (χ0) is 8.01. The lowest BCUT2D eigenvalue weighted by Gasteiger charge is -2.16. The van der Waals surface area contributed by atoms with E-state index in [0.29, 0.717) is 17.9 Å². The van der Waals surface area contributed by atoms with Gasteiger partial charge in [0.2, 0.25) is 5.91 Å². The second-order valence-corrected chi connectivity index (χ2v) is 4.00. The van der Waals surface area contributed by atoms with Gasteiger partial charge in [0, 0.05) is 18.5 Å². The Balaban J connectivity index is 2.18. The second kappa shape index (κ2) is 2.23. The molecule has 1 amide bonds. The highest BCUT2D eigenvalue weighted by Crippen LogP contribution is 2.35. The van der Waals surface area contributed by atoms with Gasteiger partial charge in [-0.3, -0.25) is 4.79 Å². The van der Waals surface area contributed by atoms with Gasteiger partial charge in [0.25, 0.3) is 0 Å². The summed E-state index contributed by atoms with van der Waals surface area (Å²) in [7, 11) is 0. The highest BCUT2D eigenvalue weighted by Gasteiger charge is 2.42. The van der Waals surface area contributed by atoms with Crippen LogP contribution in [0.1, 0.15) is 26.7 Å². The van der Waals surface area contributed by atoms with Gasteiger partial charge in [-0.25, -0.2) is 0 Å². The van der Waals surface area contributed by atoms with Crippen LogP contribution in [-0.4, -0.2) is 23.4 Å². The third kappa shape index (κ3) is 0.883. The SMILES string of the molecule is C[C@@H]1C[C@@H]2[C@@H](C)CCN2C1=O. The summed E-state index contributed by atoms with van der Waals surface area (Å²) in [5.74, 6) is 1.42. The quantitative estimate of drug-likeness (QED) is 0.513. The van der Waals surface area contributed by atoms with Crippen LogP contribution < -0.4 is 0 Å². The van der Waals surface area contributed by atoms with Crippen molar-refractivity contribution in [3.8, 4) is 0 Å². The van der Waals surface area contributed by atoms with E-state index in [0.717, 1.165) is 18.9 Å². The Morgan fingerprint density at radius 1 is 1.45 bits per heavy atom. The fourth-order valence-corrected chi connectivity index (χ4v) is 2.39. The molecule has 11 heavy (non-hydrogen) atoms. The number of carbonyl (C=O) groups is 1. The van der Waals surface area contributed by atoms with Crippen molar-refractivity contribution in [2.24, 2.45) is 11.8 Å². The number of amides is 1. The number of carbonyl (C=O) groups excluding carboxylic acids is 1. The van der Waals surface area contributed by atoms with E-state index in [2.05, 4.69) is 11.8 Å². The van der Waals surface area contributed by atoms with Gasteiger partial charge < -0.3 is 4.90 Å². The largest absolute Gasteiger partial charge is 0.339 e. The van der Waals surface area contributed by atoms with Gasteiger partial charge in [0.1, 0.15) is 0 Å². The molecule has 2 nitrogen and oxygen atoms in total. The highest BCUT2D eigenvalue weighted by atomic mass is 16.2. The molecule has 2 fully saturated rings. The molecule has 2 saturated heterocycles. The van der Waals surface area contributed by atoms with Crippen LogP contribution in [0.2, 0.25) is 0 Å². The molecule has 2 heterocycles. The molecule has 2 aliphatic rings. The lowest BCUT2D eigenvalue weighted by Crippen LogP contribution is -2.29. The topological polar surface area (TPSA) is 20.3 Å². The minimum absolute atomic E-state index is 0.294. The summed E-state index contributed by atoms with van der Waals surface area (Å²) in [6, 6.07) is 0.581. The van der Waals surface area contributed by atoms with E-state index in [1.807, 2.05) is 6.92 Å². The van der Waals surface area contributed by atoms with Crippen LogP contribution in [-0.2, 0) is 4.79 Å². The molecular formula is C9H15NO. The maximum Gasteiger partial charge on any atom is 0.225 e. The van der Waals surface area contributed by atoms with Crippen LogP contribution in [0.15, 0.2) is 0 Å². The van der Waals surface area contributed by atoms with Crippen molar-refractivity contribution in [2.45, 2.75) is 32.7 Å². The molecule has 3 atom stereocenters. The fraction of sp³-hybridized carbons (Fsp3) is 0.889. The molecule has 0 unspecified atom stereocenters. The number of rotatable bonds is 0. The van der Waals surface area contributed by atoms with Gasteiger partial charge in [0.05, 0.1) is 0 Å². The lowest BCUT2D eigenvalue weighted by atomic mass is 9.97. The fourth-order valence-electron chi connectivity index (χ4n) is 2.39. The predicted octanol–water partition coefficient (Wildman–Crippen LogP) is 1.26. The van der Waals surface area contributed by atoms with Gasteiger partial charge in [-0.15, -0.1) is 0 Å². The average Bonchev–Trinajstić information content (AvgIpc) is 2.43. The standard InChI is InChI=1S/C9H15NO/c1-6-3-4-10-8(6)5-7(2)9(10)11/h6-8H,3-5H2,1-2H3/t6-,7+,8+/m0/s1. The van der Waals surface area contributed by atoms with Crippen LogP contribution in [0.4, 0.5) is 0 Å². The molecule has 0 aromatic heterocycles. The van der Waals surface area contributed by atoms with Crippen molar-refractivity contribution in [1.29, 1.82) is 0 Å². The first-order chi connectivity index (χ1) is 5.20. The molecule has 62 valence electrons. The van der Waals surface area contributed by atoms with E-state index in [1.165, 1.54) is 6.42 Å². The van der Waals surface area contributed by atoms with Crippen LogP contribution in [0.3, 0.4) is 0 Å². The van der Waals surface area contributed by atoms with Crippen molar-refractivity contribution < 1.29 is 4.79 Å². The molecular weight excluding hydrogens is 138 g/mol. The van der Waals surface area contributed by atoms with E-state index in [9.17, 15) is 4.79 Å². The van der Waals surface area contributed by atoms with Crippen LogP contribution in [0.5, 0.6) is 0 Å². The van der Waals surface area contributed by atoms with E-state index in [4.69, 9.17) is 0 Å². The van der Waals surface area contributed by atoms with Gasteiger partial charge >= 0.3 is 0 Å². The van der Waals surface area contributed by atoms with Crippen LogP contribution in [0.25, 0.3) is 0 Å². The van der Waals surface area contributed by atoms with Crippen LogP contribution >= 0.6 is 0 Å². The number of hydrogen-bond donors (Lipinski definition) is 0. The molecule has 0 aliphatic carbocycles. The normalized spacial score (nSPS) is 43.3. The summed E-state index contributed by atoms with van der Waals surface area (Å²) in [4.78, 5) is 13.5. The maximum atomic E-state index is 11.5. The first-order valence-corrected chi connectivity index (χ1v) is 4.50. The Morgan fingerprint density at radius 3 is 2.82 bits per heavy atom. The second-order valence-electron chi connectivity index (χ2n) is 4.00. The van der Waals surface area contributed by atoms with Crippen molar-refractivity contribution >= 4 is 5.91 Å². The van der Waals surface area contributed by atoms with Gasteiger partial charge in [-0.2, -0.15) is 0 Å². The summed E-state index contributed by atoms with van der Waals surface area (Å²) in [5.41, 5.74) is 0. The monoisotopic (exact) mass is 153 g/mol. The number of fused-ring (bicyclic) bond motifs is 1. The summed E-state index contributed by atoms with van der Waals surface area (Å²) in [6.07, 6.45) is 2.31. The van der Waals surface area contributed by atoms with E-state index >= 15 is 0 Å². The van der Waals surface area contributed by atoms with Crippen molar-refractivity contribution in [3.63, 3.8) is 0 Å². The molecule has 2 aliphatic heterocycles. The molecule has 0 spiro atoms. The Kier molecular flexibility index (Phi) is 1.44. The molecule has 0 saturated carbocycles. The molecule has 0 N–H and O–H groups in total. The minimum Gasteiger partial charge on any atom is -0.339 e. The Hall–Kier alpha value is -0.530. The Morgan fingerprint density at radius 2 is 2.18 bits per heavy atom. The summed E-state index contributed by atoms with van der Waals surface area (Å²) >= 11 is 0. The average molecular weight is 153 g/mol. The molecule has 2 heteroatoms. The van der Waals surface area contributed by atoms with E-state index < -0.39 is 0 Å². The Bertz CT molecular complexity index is 190. The minimum atomic E-state index is 0.294. The maximum absolute atomic E-state index is 11.5.